The van der Waals surface area contributed by atoms with Crippen LogP contribution in [0.2, 0.25) is 0 Å². The maximum atomic E-state index is 11.7. The van der Waals surface area contributed by atoms with Gasteiger partial charge in [-0.1, -0.05) is 41.0 Å². The molecular formula is C13H27NO2. The van der Waals surface area contributed by atoms with Gasteiger partial charge in [0.05, 0.1) is 6.10 Å². The van der Waals surface area contributed by atoms with Gasteiger partial charge >= 0.3 is 0 Å². The first-order chi connectivity index (χ1) is 7.38. The summed E-state index contributed by atoms with van der Waals surface area (Å²) >= 11 is 0. The van der Waals surface area contributed by atoms with Crippen LogP contribution in [0.4, 0.5) is 0 Å². The van der Waals surface area contributed by atoms with Crippen LogP contribution in [-0.4, -0.2) is 23.7 Å². The van der Waals surface area contributed by atoms with Crippen molar-refractivity contribution < 1.29 is 9.90 Å². The first-order valence-corrected chi connectivity index (χ1v) is 6.34. The number of nitrogens with one attached hydrogen (secondary N) is 1. The number of aliphatic hydroxyl groups excluding tert-OH is 1. The third kappa shape index (κ3) is 6.11. The van der Waals surface area contributed by atoms with Crippen molar-refractivity contribution in [3.05, 3.63) is 0 Å². The highest BCUT2D eigenvalue weighted by molar-refractivity contribution is 5.78. The topological polar surface area (TPSA) is 49.3 Å². The standard InChI is InChI=1S/C13H27NO2/c1-6-10(4)11(5)13(16)14-8-12(15)7-9(2)3/h9-12,15H,6-8H2,1-5H3,(H,14,16). The number of rotatable bonds is 7. The molecule has 2 N–H and O–H groups in total. The largest absolute Gasteiger partial charge is 0.391 e. The van der Waals surface area contributed by atoms with Crippen LogP contribution in [0.1, 0.15) is 47.5 Å². The van der Waals surface area contributed by atoms with Crippen molar-refractivity contribution in [2.75, 3.05) is 6.54 Å². The van der Waals surface area contributed by atoms with E-state index in [9.17, 15) is 9.90 Å². The summed E-state index contributed by atoms with van der Waals surface area (Å²) in [6, 6.07) is 0. The number of hydrogen-bond acceptors (Lipinski definition) is 2. The van der Waals surface area contributed by atoms with Crippen LogP contribution in [0, 0.1) is 17.8 Å². The molecule has 0 aromatic carbocycles. The zero-order valence-corrected chi connectivity index (χ0v) is 11.3. The number of carbonyl (C=O) groups excluding carboxylic acids is 1. The SMILES string of the molecule is CCC(C)C(C)C(=O)NCC(O)CC(C)C. The molecule has 0 heterocycles. The van der Waals surface area contributed by atoms with Crippen molar-refractivity contribution in [2.24, 2.45) is 17.8 Å². The Labute approximate surface area is 99.6 Å². The molecule has 96 valence electrons. The molecular weight excluding hydrogens is 202 g/mol. The molecule has 0 saturated heterocycles. The van der Waals surface area contributed by atoms with E-state index in [1.807, 2.05) is 6.92 Å². The molecule has 0 aliphatic carbocycles. The Kier molecular flexibility index (Phi) is 7.39. The van der Waals surface area contributed by atoms with Crippen molar-refractivity contribution >= 4 is 5.91 Å². The van der Waals surface area contributed by atoms with Gasteiger partial charge in [-0.3, -0.25) is 4.79 Å². The lowest BCUT2D eigenvalue weighted by Gasteiger charge is -2.19. The van der Waals surface area contributed by atoms with E-state index in [1.165, 1.54) is 0 Å². The maximum Gasteiger partial charge on any atom is 0.223 e. The molecule has 0 aromatic rings. The molecule has 0 spiro atoms. The summed E-state index contributed by atoms with van der Waals surface area (Å²) in [4.78, 5) is 11.7. The second-order valence-electron chi connectivity index (χ2n) is 5.20. The first kappa shape index (κ1) is 15.4. The minimum absolute atomic E-state index is 0.0243. The van der Waals surface area contributed by atoms with Crippen molar-refractivity contribution in [1.82, 2.24) is 5.32 Å². The Bertz CT molecular complexity index is 204. The van der Waals surface area contributed by atoms with Gasteiger partial charge in [-0.15, -0.1) is 0 Å². The molecule has 0 bridgehead atoms. The number of aliphatic hydroxyl groups is 1. The van der Waals surface area contributed by atoms with E-state index < -0.39 is 6.10 Å². The predicted octanol–water partition coefficient (Wildman–Crippen LogP) is 2.19. The number of carbonyl (C=O) groups is 1. The lowest BCUT2D eigenvalue weighted by molar-refractivity contribution is -0.126. The highest BCUT2D eigenvalue weighted by Gasteiger charge is 2.19. The summed E-state index contributed by atoms with van der Waals surface area (Å²) in [6.07, 6.45) is 1.31. The van der Waals surface area contributed by atoms with Gasteiger partial charge < -0.3 is 10.4 Å². The Balaban J connectivity index is 3.88. The van der Waals surface area contributed by atoms with E-state index in [1.54, 1.807) is 0 Å². The highest BCUT2D eigenvalue weighted by atomic mass is 16.3. The van der Waals surface area contributed by atoms with Crippen LogP contribution in [0.15, 0.2) is 0 Å². The van der Waals surface area contributed by atoms with Gasteiger partial charge in [0.25, 0.3) is 0 Å². The van der Waals surface area contributed by atoms with Crippen LogP contribution in [0.3, 0.4) is 0 Å². The third-order valence-electron chi connectivity index (χ3n) is 3.17. The molecule has 1 amide bonds. The number of hydrogen-bond donors (Lipinski definition) is 2. The molecule has 3 unspecified atom stereocenters. The van der Waals surface area contributed by atoms with Gasteiger partial charge in [0.2, 0.25) is 5.91 Å². The number of amides is 1. The minimum Gasteiger partial charge on any atom is -0.391 e. The average Bonchev–Trinajstić information content (AvgIpc) is 2.22. The third-order valence-corrected chi connectivity index (χ3v) is 3.17. The van der Waals surface area contributed by atoms with E-state index in [2.05, 4.69) is 33.0 Å². The summed E-state index contributed by atoms with van der Waals surface area (Å²) in [6.45, 7) is 10.6. The Hall–Kier alpha value is -0.570. The molecule has 0 fully saturated rings. The summed E-state index contributed by atoms with van der Waals surface area (Å²) in [5, 5.41) is 12.4. The second-order valence-corrected chi connectivity index (χ2v) is 5.20. The molecule has 0 saturated carbocycles. The zero-order valence-electron chi connectivity index (χ0n) is 11.3. The summed E-state index contributed by atoms with van der Waals surface area (Å²) in [5.74, 6) is 0.925. The molecule has 16 heavy (non-hydrogen) atoms. The lowest BCUT2D eigenvalue weighted by atomic mass is 9.93. The second kappa shape index (κ2) is 7.66. The fourth-order valence-electron chi connectivity index (χ4n) is 1.62. The van der Waals surface area contributed by atoms with Gasteiger partial charge in [0, 0.05) is 12.5 Å². The average molecular weight is 229 g/mol. The predicted molar refractivity (Wildman–Crippen MR) is 67.1 cm³/mol. The van der Waals surface area contributed by atoms with E-state index in [0.717, 1.165) is 12.8 Å². The van der Waals surface area contributed by atoms with Gasteiger partial charge in [-0.25, -0.2) is 0 Å². The lowest BCUT2D eigenvalue weighted by Crippen LogP contribution is -2.37. The first-order valence-electron chi connectivity index (χ1n) is 6.34. The van der Waals surface area contributed by atoms with Gasteiger partial charge in [0.1, 0.15) is 0 Å². The Morgan fingerprint density at radius 3 is 2.25 bits per heavy atom. The normalized spacial score (nSPS) is 16.9. The van der Waals surface area contributed by atoms with Gasteiger partial charge in [-0.05, 0) is 18.3 Å². The zero-order chi connectivity index (χ0) is 12.7. The highest BCUT2D eigenvalue weighted by Crippen LogP contribution is 2.14. The molecule has 3 atom stereocenters. The molecule has 3 nitrogen and oxygen atoms in total. The van der Waals surface area contributed by atoms with Crippen molar-refractivity contribution in [1.29, 1.82) is 0 Å². The summed E-state index contributed by atoms with van der Waals surface area (Å²) in [5.41, 5.74) is 0. The van der Waals surface area contributed by atoms with E-state index in [4.69, 9.17) is 0 Å². The molecule has 3 heteroatoms. The van der Waals surface area contributed by atoms with Crippen LogP contribution in [-0.2, 0) is 4.79 Å². The van der Waals surface area contributed by atoms with Crippen molar-refractivity contribution in [2.45, 2.75) is 53.6 Å². The monoisotopic (exact) mass is 229 g/mol. The van der Waals surface area contributed by atoms with Crippen molar-refractivity contribution in [3.63, 3.8) is 0 Å². The van der Waals surface area contributed by atoms with Gasteiger partial charge in [-0.2, -0.15) is 0 Å². The van der Waals surface area contributed by atoms with Crippen LogP contribution in [0.5, 0.6) is 0 Å². The van der Waals surface area contributed by atoms with E-state index >= 15 is 0 Å². The fourth-order valence-corrected chi connectivity index (χ4v) is 1.62. The molecule has 0 aromatic heterocycles. The van der Waals surface area contributed by atoms with E-state index in [0.29, 0.717) is 18.4 Å². The Morgan fingerprint density at radius 2 is 1.81 bits per heavy atom. The maximum absolute atomic E-state index is 11.7. The fraction of sp³-hybridized carbons (Fsp3) is 0.923. The van der Waals surface area contributed by atoms with Crippen LogP contribution < -0.4 is 5.32 Å². The van der Waals surface area contributed by atoms with Crippen LogP contribution >= 0.6 is 0 Å². The summed E-state index contributed by atoms with van der Waals surface area (Å²) < 4.78 is 0. The van der Waals surface area contributed by atoms with Crippen molar-refractivity contribution in [3.8, 4) is 0 Å². The minimum atomic E-state index is -0.423. The molecule has 0 rings (SSSR count). The summed E-state index contributed by atoms with van der Waals surface area (Å²) in [7, 11) is 0. The Morgan fingerprint density at radius 1 is 1.25 bits per heavy atom. The molecule has 0 aliphatic rings. The van der Waals surface area contributed by atoms with Gasteiger partial charge in [0.15, 0.2) is 0 Å². The smallest absolute Gasteiger partial charge is 0.223 e. The van der Waals surface area contributed by atoms with E-state index in [-0.39, 0.29) is 11.8 Å². The molecule has 0 radical (unpaired) electrons. The molecule has 0 aliphatic heterocycles. The van der Waals surface area contributed by atoms with Crippen LogP contribution in [0.25, 0.3) is 0 Å². The quantitative estimate of drug-likeness (QED) is 0.703.